The van der Waals surface area contributed by atoms with E-state index in [9.17, 15) is 8.42 Å². The quantitative estimate of drug-likeness (QED) is 0.689. The minimum absolute atomic E-state index is 0.0356. The number of halogens is 1. The number of sulfone groups is 1. The van der Waals surface area contributed by atoms with Gasteiger partial charge in [0.05, 0.1) is 38.7 Å². The van der Waals surface area contributed by atoms with Gasteiger partial charge in [-0.25, -0.2) is 8.42 Å². The molecule has 0 saturated carbocycles. The molecule has 1 atom stereocenters. The zero-order chi connectivity index (χ0) is 17.0. The summed E-state index contributed by atoms with van der Waals surface area (Å²) in [6.07, 6.45) is 0.644. The van der Waals surface area contributed by atoms with Gasteiger partial charge in [0, 0.05) is 16.2 Å². The molecule has 5 nitrogen and oxygen atoms in total. The average Bonchev–Trinajstić information content (AvgIpc) is 2.78. The van der Waals surface area contributed by atoms with Gasteiger partial charge in [-0.3, -0.25) is 0 Å². The van der Waals surface area contributed by atoms with Gasteiger partial charge in [0.2, 0.25) is 0 Å². The van der Waals surface area contributed by atoms with E-state index in [-0.39, 0.29) is 17.5 Å². The number of nitrogens with one attached hydrogen (secondary N) is 2. The fraction of sp³-hybridized carbons (Fsp3) is 0.533. The molecule has 1 aromatic carbocycles. The number of rotatable bonds is 5. The maximum atomic E-state index is 11.8. The number of likely N-dealkylation sites (N-methyl/N-ethyl adjacent to an activating group) is 1. The van der Waals surface area contributed by atoms with Crippen molar-refractivity contribution >= 4 is 48.8 Å². The number of benzene rings is 1. The van der Waals surface area contributed by atoms with Crippen molar-refractivity contribution in [2.24, 2.45) is 0 Å². The molecule has 0 bridgehead atoms. The summed E-state index contributed by atoms with van der Waals surface area (Å²) in [5.74, 6) is 0.443. The van der Waals surface area contributed by atoms with Gasteiger partial charge < -0.3 is 15.1 Å². The summed E-state index contributed by atoms with van der Waals surface area (Å²) in [6, 6.07) is 7.74. The highest BCUT2D eigenvalue weighted by molar-refractivity contribution is 9.10. The fourth-order valence-corrected chi connectivity index (χ4v) is 5.06. The van der Waals surface area contributed by atoms with E-state index in [1.165, 1.54) is 4.90 Å². The van der Waals surface area contributed by atoms with Gasteiger partial charge in [-0.2, -0.15) is 0 Å². The number of hydrogen-bond donors (Lipinski definition) is 2. The molecular weight excluding hydrogens is 398 g/mol. The van der Waals surface area contributed by atoms with Crippen molar-refractivity contribution in [3.05, 3.63) is 28.7 Å². The Bertz CT molecular complexity index is 664. The van der Waals surface area contributed by atoms with Crippen LogP contribution in [0.5, 0.6) is 0 Å². The van der Waals surface area contributed by atoms with Crippen LogP contribution in [0.25, 0.3) is 0 Å². The molecule has 23 heavy (non-hydrogen) atoms. The predicted molar refractivity (Wildman–Crippen MR) is 102 cm³/mol. The van der Waals surface area contributed by atoms with Crippen LogP contribution < -0.4 is 10.2 Å². The molecule has 8 heteroatoms. The van der Waals surface area contributed by atoms with Crippen molar-refractivity contribution in [3.8, 4) is 0 Å². The lowest BCUT2D eigenvalue weighted by Gasteiger charge is -2.31. The summed E-state index contributed by atoms with van der Waals surface area (Å²) in [4.78, 5) is 3.34. The van der Waals surface area contributed by atoms with Crippen molar-refractivity contribution in [2.45, 2.75) is 12.5 Å². The first-order valence-electron chi connectivity index (χ1n) is 7.59. The molecule has 0 radical (unpaired) electrons. The van der Waals surface area contributed by atoms with E-state index in [0.717, 1.165) is 23.2 Å². The molecule has 0 spiro atoms. The fourth-order valence-electron chi connectivity index (χ4n) is 2.58. The lowest BCUT2D eigenvalue weighted by atomic mass is 10.2. The van der Waals surface area contributed by atoms with Crippen LogP contribution in [-0.2, 0) is 9.84 Å². The van der Waals surface area contributed by atoms with Crippen LogP contribution in [0.1, 0.15) is 6.42 Å². The Morgan fingerprint density at radius 1 is 1.48 bits per heavy atom. The van der Waals surface area contributed by atoms with Crippen molar-refractivity contribution < 1.29 is 13.3 Å². The molecule has 128 valence electrons. The normalized spacial score (nSPS) is 19.7. The van der Waals surface area contributed by atoms with E-state index in [1.807, 2.05) is 29.2 Å². The van der Waals surface area contributed by atoms with Crippen LogP contribution in [0.3, 0.4) is 0 Å². The monoisotopic (exact) mass is 420 g/mol. The van der Waals surface area contributed by atoms with Gasteiger partial charge in [-0.1, -0.05) is 22.0 Å². The molecular formula is C15H23BrN3O2S2+. The Kier molecular flexibility index (Phi) is 6.41. The number of hydrogen-bond acceptors (Lipinski definition) is 3. The molecule has 1 aliphatic rings. The summed E-state index contributed by atoms with van der Waals surface area (Å²) < 4.78 is 24.6. The van der Waals surface area contributed by atoms with Crippen LogP contribution in [0.15, 0.2) is 28.7 Å². The third-order valence-electron chi connectivity index (χ3n) is 3.84. The minimum Gasteiger partial charge on any atom is -0.339 e. The third kappa shape index (κ3) is 5.70. The highest BCUT2D eigenvalue weighted by Gasteiger charge is 2.33. The number of anilines is 1. The van der Waals surface area contributed by atoms with E-state index in [1.54, 1.807) is 0 Å². The van der Waals surface area contributed by atoms with Gasteiger partial charge >= 0.3 is 0 Å². The molecule has 1 aromatic rings. The van der Waals surface area contributed by atoms with Gasteiger partial charge in [0.15, 0.2) is 14.9 Å². The summed E-state index contributed by atoms with van der Waals surface area (Å²) in [5, 5.41) is 3.82. The Balaban J connectivity index is 2.10. The lowest BCUT2D eigenvalue weighted by molar-refractivity contribution is -0.857. The molecule has 0 aromatic heterocycles. The predicted octanol–water partition coefficient (Wildman–Crippen LogP) is 0.780. The summed E-state index contributed by atoms with van der Waals surface area (Å²) in [7, 11) is 1.22. The van der Waals surface area contributed by atoms with Crippen LogP contribution in [0, 0.1) is 0 Å². The number of nitrogens with zero attached hydrogens (tertiary/aromatic N) is 1. The summed E-state index contributed by atoms with van der Waals surface area (Å²) in [6.45, 7) is 1.64. The van der Waals surface area contributed by atoms with Gasteiger partial charge in [-0.15, -0.1) is 0 Å². The van der Waals surface area contributed by atoms with Gasteiger partial charge in [-0.05, 0) is 36.8 Å². The molecule has 2 rings (SSSR count). The van der Waals surface area contributed by atoms with Crippen molar-refractivity contribution in [2.75, 3.05) is 44.0 Å². The smallest absolute Gasteiger partial charge is 0.173 e. The number of quaternary nitrogens is 1. The van der Waals surface area contributed by atoms with Crippen molar-refractivity contribution in [1.82, 2.24) is 4.90 Å². The summed E-state index contributed by atoms with van der Waals surface area (Å²) >= 11 is 9.00. The summed E-state index contributed by atoms with van der Waals surface area (Å²) in [5.41, 5.74) is 0.896. The molecule has 1 fully saturated rings. The first kappa shape index (κ1) is 18.6. The molecule has 1 heterocycles. The minimum atomic E-state index is -2.94. The Morgan fingerprint density at radius 3 is 2.78 bits per heavy atom. The Labute approximate surface area is 152 Å². The maximum absolute atomic E-state index is 11.8. The number of thiocarbonyl (C=S) groups is 1. The first-order chi connectivity index (χ1) is 10.8. The first-order valence-corrected chi connectivity index (χ1v) is 10.6. The second-order valence-electron chi connectivity index (χ2n) is 6.15. The van der Waals surface area contributed by atoms with Gasteiger partial charge in [0.1, 0.15) is 0 Å². The van der Waals surface area contributed by atoms with Crippen molar-refractivity contribution in [3.63, 3.8) is 0 Å². The van der Waals surface area contributed by atoms with Crippen LogP contribution >= 0.6 is 28.1 Å². The standard InChI is InChI=1S/C15H22BrN3O2S2/c1-18(2)7-8-19(14-6-9-23(20,21)11-14)15(22)17-13-5-3-4-12(16)10-13/h3-5,10,14H,6-9,11H2,1-2H3,(H,17,22)/p+1/t14-/m1/s1. The SMILES string of the molecule is C[NH+](C)CCN(C(=S)Nc1cccc(Br)c1)[C@@H]1CCS(=O)(=O)C1. The second-order valence-corrected chi connectivity index (χ2v) is 9.68. The molecule has 2 N–H and O–H groups in total. The Hall–Kier alpha value is -0.700. The lowest BCUT2D eigenvalue weighted by Crippen LogP contribution is -3.06. The topological polar surface area (TPSA) is 53.9 Å². The van der Waals surface area contributed by atoms with E-state index >= 15 is 0 Å². The van der Waals surface area contributed by atoms with E-state index < -0.39 is 9.84 Å². The second kappa shape index (κ2) is 7.92. The molecule has 0 aliphatic carbocycles. The van der Waals surface area contributed by atoms with E-state index in [2.05, 4.69) is 35.3 Å². The van der Waals surface area contributed by atoms with Crippen molar-refractivity contribution in [1.29, 1.82) is 0 Å². The average molecular weight is 421 g/mol. The zero-order valence-corrected chi connectivity index (χ0v) is 16.6. The van der Waals surface area contributed by atoms with Crippen LogP contribution in [-0.4, -0.2) is 63.2 Å². The molecule has 1 saturated heterocycles. The molecule has 0 unspecified atom stereocenters. The van der Waals surface area contributed by atoms with Crippen LogP contribution in [0.2, 0.25) is 0 Å². The van der Waals surface area contributed by atoms with Gasteiger partial charge in [0.25, 0.3) is 0 Å². The highest BCUT2D eigenvalue weighted by atomic mass is 79.9. The third-order valence-corrected chi connectivity index (χ3v) is 6.42. The van der Waals surface area contributed by atoms with E-state index in [0.29, 0.717) is 11.5 Å². The Morgan fingerprint density at radius 2 is 2.22 bits per heavy atom. The highest BCUT2D eigenvalue weighted by Crippen LogP contribution is 2.20. The maximum Gasteiger partial charge on any atom is 0.173 e. The largest absolute Gasteiger partial charge is 0.339 e. The zero-order valence-electron chi connectivity index (χ0n) is 13.4. The van der Waals surface area contributed by atoms with E-state index in [4.69, 9.17) is 12.2 Å². The molecule has 0 amide bonds. The molecule has 1 aliphatic heterocycles. The van der Waals surface area contributed by atoms with Crippen LogP contribution in [0.4, 0.5) is 5.69 Å².